The maximum absolute atomic E-state index is 12.2. The molecule has 5 heteroatoms. The molecule has 0 aromatic heterocycles. The van der Waals surface area contributed by atoms with E-state index in [1.54, 1.807) is 19.1 Å². The van der Waals surface area contributed by atoms with E-state index in [4.69, 9.17) is 16.3 Å². The minimum Gasteiger partial charge on any atom is -0.481 e. The first-order valence-corrected chi connectivity index (χ1v) is 7.75. The Bertz CT molecular complexity index is 684. The number of nitrogens with one attached hydrogen (secondary N) is 1. The average Bonchev–Trinajstić information content (AvgIpc) is 2.51. The van der Waals surface area contributed by atoms with E-state index in [0.29, 0.717) is 10.8 Å². The molecule has 0 aliphatic heterocycles. The number of anilines is 2. The summed E-state index contributed by atoms with van der Waals surface area (Å²) in [6, 6.07) is 13.0. The largest absolute Gasteiger partial charge is 0.481 e. The number of carbonyl (C=O) groups is 1. The molecular weight excluding hydrogens is 312 g/mol. The van der Waals surface area contributed by atoms with Gasteiger partial charge in [0.15, 0.2) is 6.10 Å². The Morgan fingerprint density at radius 1 is 1.17 bits per heavy atom. The zero-order valence-corrected chi connectivity index (χ0v) is 14.5. The van der Waals surface area contributed by atoms with Gasteiger partial charge < -0.3 is 15.0 Å². The van der Waals surface area contributed by atoms with Gasteiger partial charge >= 0.3 is 0 Å². The zero-order valence-electron chi connectivity index (χ0n) is 13.8. The number of ether oxygens (including phenoxy) is 1. The highest BCUT2D eigenvalue weighted by Crippen LogP contribution is 2.22. The number of rotatable bonds is 5. The Morgan fingerprint density at radius 2 is 1.83 bits per heavy atom. The molecule has 0 saturated carbocycles. The van der Waals surface area contributed by atoms with Crippen LogP contribution in [0.5, 0.6) is 5.75 Å². The first-order valence-electron chi connectivity index (χ1n) is 7.38. The molecule has 0 saturated heterocycles. The van der Waals surface area contributed by atoms with Gasteiger partial charge in [0.05, 0.1) is 0 Å². The summed E-state index contributed by atoms with van der Waals surface area (Å²) in [6.07, 6.45) is -0.607. The number of nitrogens with zero attached hydrogens (tertiary/aromatic N) is 1. The van der Waals surface area contributed by atoms with Crippen molar-refractivity contribution in [2.75, 3.05) is 24.3 Å². The maximum atomic E-state index is 12.2. The molecule has 0 radical (unpaired) electrons. The lowest BCUT2D eigenvalue weighted by Gasteiger charge is -2.16. The Balaban J connectivity index is 1.97. The van der Waals surface area contributed by atoms with Gasteiger partial charge in [0.1, 0.15) is 5.75 Å². The van der Waals surface area contributed by atoms with Gasteiger partial charge in [-0.1, -0.05) is 11.6 Å². The minimum absolute atomic E-state index is 0.199. The molecule has 4 nitrogen and oxygen atoms in total. The predicted octanol–water partition coefficient (Wildman–Crippen LogP) is 4.12. The normalized spacial score (nSPS) is 11.7. The third-order valence-corrected chi connectivity index (χ3v) is 3.89. The summed E-state index contributed by atoms with van der Waals surface area (Å²) in [6.45, 7) is 3.61. The third kappa shape index (κ3) is 4.63. The van der Waals surface area contributed by atoms with Crippen LogP contribution in [0.15, 0.2) is 42.5 Å². The van der Waals surface area contributed by atoms with Gasteiger partial charge in [0.2, 0.25) is 0 Å². The fraction of sp³-hybridized carbons (Fsp3) is 0.278. The van der Waals surface area contributed by atoms with Crippen molar-refractivity contribution in [1.82, 2.24) is 0 Å². The first-order chi connectivity index (χ1) is 10.9. The van der Waals surface area contributed by atoms with Gasteiger partial charge in [-0.25, -0.2) is 0 Å². The molecule has 0 spiro atoms. The lowest BCUT2D eigenvalue weighted by molar-refractivity contribution is -0.122. The van der Waals surface area contributed by atoms with E-state index in [1.165, 1.54) is 0 Å². The topological polar surface area (TPSA) is 41.6 Å². The summed E-state index contributed by atoms with van der Waals surface area (Å²) in [7, 11) is 3.94. The monoisotopic (exact) mass is 332 g/mol. The Morgan fingerprint density at radius 3 is 2.39 bits per heavy atom. The number of hydrogen-bond donors (Lipinski definition) is 1. The van der Waals surface area contributed by atoms with Crippen LogP contribution in [-0.2, 0) is 4.79 Å². The van der Waals surface area contributed by atoms with Gasteiger partial charge in [-0.15, -0.1) is 0 Å². The molecular formula is C18H21ClN2O2. The van der Waals surface area contributed by atoms with Crippen molar-refractivity contribution in [3.63, 3.8) is 0 Å². The summed E-state index contributed by atoms with van der Waals surface area (Å²) in [5, 5.41) is 3.52. The summed E-state index contributed by atoms with van der Waals surface area (Å²) >= 11 is 5.98. The van der Waals surface area contributed by atoms with Crippen LogP contribution in [0.3, 0.4) is 0 Å². The summed E-state index contributed by atoms with van der Waals surface area (Å²) < 4.78 is 5.67. The van der Waals surface area contributed by atoms with Crippen molar-refractivity contribution in [2.45, 2.75) is 20.0 Å². The van der Waals surface area contributed by atoms with Gasteiger partial charge in [-0.05, 0) is 61.9 Å². The molecule has 1 atom stereocenters. The summed E-state index contributed by atoms with van der Waals surface area (Å²) in [4.78, 5) is 14.2. The van der Waals surface area contributed by atoms with Crippen LogP contribution in [0.2, 0.25) is 5.02 Å². The van der Waals surface area contributed by atoms with Crippen LogP contribution >= 0.6 is 11.6 Å². The summed E-state index contributed by atoms with van der Waals surface area (Å²) in [5.74, 6) is 0.424. The summed E-state index contributed by atoms with van der Waals surface area (Å²) in [5.41, 5.74) is 2.73. The molecule has 0 bridgehead atoms. The van der Waals surface area contributed by atoms with E-state index in [0.717, 1.165) is 16.9 Å². The minimum atomic E-state index is -0.607. The molecule has 122 valence electrons. The number of halogens is 1. The first kappa shape index (κ1) is 17.2. The maximum Gasteiger partial charge on any atom is 0.265 e. The molecule has 1 amide bonds. The Hall–Kier alpha value is -2.20. The highest BCUT2D eigenvalue weighted by molar-refractivity contribution is 6.31. The van der Waals surface area contributed by atoms with E-state index >= 15 is 0 Å². The molecule has 0 heterocycles. The van der Waals surface area contributed by atoms with Gasteiger partial charge in [-0.2, -0.15) is 0 Å². The second kappa shape index (κ2) is 7.38. The molecule has 2 aromatic carbocycles. The highest BCUT2D eigenvalue weighted by Gasteiger charge is 2.15. The van der Waals surface area contributed by atoms with Crippen molar-refractivity contribution < 1.29 is 9.53 Å². The van der Waals surface area contributed by atoms with Crippen LogP contribution in [0.4, 0.5) is 11.4 Å². The van der Waals surface area contributed by atoms with E-state index in [1.807, 2.05) is 56.3 Å². The number of aryl methyl sites for hydroxylation is 1. The molecule has 2 aromatic rings. The second-order valence-corrected chi connectivity index (χ2v) is 6.01. The van der Waals surface area contributed by atoms with Crippen LogP contribution in [0.25, 0.3) is 0 Å². The average molecular weight is 333 g/mol. The van der Waals surface area contributed by atoms with Crippen molar-refractivity contribution in [1.29, 1.82) is 0 Å². The van der Waals surface area contributed by atoms with E-state index in [9.17, 15) is 4.79 Å². The lowest BCUT2D eigenvalue weighted by Crippen LogP contribution is -2.30. The second-order valence-electron chi connectivity index (χ2n) is 5.60. The zero-order chi connectivity index (χ0) is 17.0. The molecule has 23 heavy (non-hydrogen) atoms. The van der Waals surface area contributed by atoms with Crippen molar-refractivity contribution in [3.8, 4) is 5.75 Å². The van der Waals surface area contributed by atoms with E-state index < -0.39 is 6.10 Å². The third-order valence-electron chi connectivity index (χ3n) is 3.46. The Labute approximate surface area is 142 Å². The number of hydrogen-bond acceptors (Lipinski definition) is 3. The Kier molecular flexibility index (Phi) is 5.50. The van der Waals surface area contributed by atoms with Crippen molar-refractivity contribution >= 4 is 28.9 Å². The fourth-order valence-electron chi connectivity index (χ4n) is 2.03. The fourth-order valence-corrected chi connectivity index (χ4v) is 2.15. The number of amides is 1. The quantitative estimate of drug-likeness (QED) is 0.895. The molecule has 2 rings (SSSR count). The molecule has 0 fully saturated rings. The molecule has 0 aliphatic rings. The van der Waals surface area contributed by atoms with Gasteiger partial charge in [0, 0.05) is 30.5 Å². The van der Waals surface area contributed by atoms with Crippen LogP contribution in [0.1, 0.15) is 12.5 Å². The van der Waals surface area contributed by atoms with Gasteiger partial charge in [-0.3, -0.25) is 4.79 Å². The van der Waals surface area contributed by atoms with Crippen molar-refractivity contribution in [2.24, 2.45) is 0 Å². The highest BCUT2D eigenvalue weighted by atomic mass is 35.5. The smallest absolute Gasteiger partial charge is 0.265 e. The molecule has 1 N–H and O–H groups in total. The van der Waals surface area contributed by atoms with E-state index in [-0.39, 0.29) is 5.91 Å². The molecule has 0 aliphatic carbocycles. The molecule has 1 unspecified atom stereocenters. The van der Waals surface area contributed by atoms with Gasteiger partial charge in [0.25, 0.3) is 5.91 Å². The number of benzene rings is 2. The standard InChI is InChI=1S/C18H21ClN2O2/c1-12-11-16(9-10-17(12)19)23-13(2)18(22)20-14-5-7-15(8-6-14)21(3)4/h5-11,13H,1-4H3,(H,20,22). The van der Waals surface area contributed by atoms with Crippen LogP contribution in [-0.4, -0.2) is 26.1 Å². The van der Waals surface area contributed by atoms with Crippen molar-refractivity contribution in [3.05, 3.63) is 53.1 Å². The van der Waals surface area contributed by atoms with Crippen LogP contribution < -0.4 is 15.0 Å². The van der Waals surface area contributed by atoms with Crippen LogP contribution in [0, 0.1) is 6.92 Å². The predicted molar refractivity (Wildman–Crippen MR) is 95.7 cm³/mol. The number of carbonyl (C=O) groups excluding carboxylic acids is 1. The lowest BCUT2D eigenvalue weighted by atomic mass is 10.2. The SMILES string of the molecule is Cc1cc(OC(C)C(=O)Nc2ccc(N(C)C)cc2)ccc1Cl. The van der Waals surface area contributed by atoms with E-state index in [2.05, 4.69) is 5.32 Å².